The first-order valence-electron chi connectivity index (χ1n) is 5.76. The third kappa shape index (κ3) is 4.62. The second-order valence-corrected chi connectivity index (χ2v) is 5.94. The van der Waals surface area contributed by atoms with Gasteiger partial charge in [-0.15, -0.1) is 0 Å². The lowest BCUT2D eigenvalue weighted by molar-refractivity contribution is -0.602. The minimum absolute atomic E-state index is 0.317. The van der Waals surface area contributed by atoms with Crippen molar-refractivity contribution < 1.29 is 29.4 Å². The molecule has 18 heavy (non-hydrogen) atoms. The van der Waals surface area contributed by atoms with Crippen molar-refractivity contribution in [3.63, 3.8) is 0 Å². The van der Waals surface area contributed by atoms with Crippen molar-refractivity contribution in [1.82, 2.24) is 0 Å². The molecule has 0 aliphatic rings. The molecule has 0 aromatic heterocycles. The zero-order valence-electron chi connectivity index (χ0n) is 12.0. The molecule has 0 radical (unpaired) electrons. The van der Waals surface area contributed by atoms with Gasteiger partial charge in [-0.2, -0.15) is 0 Å². The Bertz CT molecular complexity index is 300. The summed E-state index contributed by atoms with van der Waals surface area (Å²) in [5, 5.41) is 8.15. The van der Waals surface area contributed by atoms with Gasteiger partial charge in [0.2, 0.25) is 0 Å². The Morgan fingerprint density at radius 2 is 1.33 bits per heavy atom. The monoisotopic (exact) mass is 262 g/mol. The van der Waals surface area contributed by atoms with E-state index in [0.717, 1.165) is 0 Å². The maximum atomic E-state index is 11.7. The fourth-order valence-corrected chi connectivity index (χ4v) is 0.599. The number of carbonyl (C=O) groups is 2. The first kappa shape index (κ1) is 16.9. The summed E-state index contributed by atoms with van der Waals surface area (Å²) in [6, 6.07) is 0. The van der Waals surface area contributed by atoms with Crippen LogP contribution in [0.3, 0.4) is 0 Å². The van der Waals surface area contributed by atoms with Crippen molar-refractivity contribution in [2.75, 3.05) is 0 Å². The van der Waals surface area contributed by atoms with Crippen LogP contribution in [0.5, 0.6) is 0 Å². The van der Waals surface area contributed by atoms with E-state index < -0.39 is 17.4 Å². The third-order valence-electron chi connectivity index (χ3n) is 3.11. The topological polar surface area (TPSA) is 71.1 Å². The second kappa shape index (κ2) is 6.15. The van der Waals surface area contributed by atoms with Crippen LogP contribution in [-0.2, 0) is 29.4 Å². The third-order valence-corrected chi connectivity index (χ3v) is 3.11. The number of hydrogen-bond donors (Lipinski definition) is 0. The van der Waals surface area contributed by atoms with E-state index in [1.807, 2.05) is 20.8 Å². The van der Waals surface area contributed by atoms with Crippen LogP contribution >= 0.6 is 0 Å². The van der Waals surface area contributed by atoms with Gasteiger partial charge in [0.15, 0.2) is 0 Å². The van der Waals surface area contributed by atoms with E-state index in [0.29, 0.717) is 0 Å². The molecular formula is C12H22O6. The first-order chi connectivity index (χ1) is 8.00. The molecule has 0 spiro atoms. The molecule has 0 fully saturated rings. The van der Waals surface area contributed by atoms with Crippen molar-refractivity contribution >= 4 is 11.9 Å². The fourth-order valence-electron chi connectivity index (χ4n) is 0.599. The van der Waals surface area contributed by atoms with Gasteiger partial charge in [0, 0.05) is 10.1 Å². The van der Waals surface area contributed by atoms with Crippen molar-refractivity contribution in [2.45, 2.75) is 48.5 Å². The Morgan fingerprint density at radius 1 is 0.889 bits per heavy atom. The van der Waals surface area contributed by atoms with Gasteiger partial charge >= 0.3 is 11.9 Å². The fraction of sp³-hybridized carbons (Fsp3) is 0.833. The summed E-state index contributed by atoms with van der Waals surface area (Å²) in [6.07, 6.45) is 0. The van der Waals surface area contributed by atoms with Gasteiger partial charge in [0.05, 0.1) is 11.3 Å². The molecule has 0 atom stereocenters. The molecule has 0 aromatic carbocycles. The van der Waals surface area contributed by atoms with Crippen molar-refractivity contribution in [2.24, 2.45) is 16.7 Å². The molecular weight excluding hydrogens is 240 g/mol. The lowest BCUT2D eigenvalue weighted by Gasteiger charge is -2.34. The Morgan fingerprint density at radius 3 is 1.72 bits per heavy atom. The molecule has 0 aliphatic carbocycles. The van der Waals surface area contributed by atoms with E-state index in [1.165, 1.54) is 0 Å². The van der Waals surface area contributed by atoms with E-state index in [2.05, 4.69) is 19.9 Å². The normalized spacial score (nSPS) is 12.4. The van der Waals surface area contributed by atoms with Gasteiger partial charge in [-0.05, 0) is 19.3 Å². The van der Waals surface area contributed by atoms with Crippen LogP contribution in [0.15, 0.2) is 0 Å². The Balaban J connectivity index is 4.10. The molecule has 0 aromatic rings. The zero-order valence-corrected chi connectivity index (χ0v) is 12.0. The Labute approximate surface area is 107 Å². The molecule has 0 saturated carbocycles. The Kier molecular flexibility index (Phi) is 5.76. The molecule has 106 valence electrons. The summed E-state index contributed by atoms with van der Waals surface area (Å²) in [5.74, 6) is -1.60. The van der Waals surface area contributed by atoms with Crippen LogP contribution in [0, 0.1) is 16.7 Å². The smallest absolute Gasteiger partial charge is 0.266 e. The first-order valence-corrected chi connectivity index (χ1v) is 5.76. The molecule has 0 saturated heterocycles. The van der Waals surface area contributed by atoms with Crippen LogP contribution in [0.1, 0.15) is 48.5 Å². The van der Waals surface area contributed by atoms with Gasteiger partial charge in [-0.1, -0.05) is 34.6 Å². The molecule has 0 aliphatic heterocycles. The predicted molar refractivity (Wildman–Crippen MR) is 62.4 cm³/mol. The lowest BCUT2D eigenvalue weighted by atomic mass is 9.69. The summed E-state index contributed by atoms with van der Waals surface area (Å²) in [5.41, 5.74) is -1.10. The minimum Gasteiger partial charge on any atom is -0.266 e. The molecule has 0 heterocycles. The standard InChI is InChI=1S/C12H22O6/c1-8(2)9(13)15-17-18-16-10(14)12(6,7)11(3,4)5/h8H,1-7H3. The summed E-state index contributed by atoms with van der Waals surface area (Å²) < 4.78 is 0. The van der Waals surface area contributed by atoms with Crippen molar-refractivity contribution in [1.29, 1.82) is 0 Å². The van der Waals surface area contributed by atoms with Gasteiger partial charge < -0.3 is 0 Å². The summed E-state index contributed by atoms with van der Waals surface area (Å²) in [4.78, 5) is 31.3. The molecule has 0 N–H and O–H groups in total. The molecule has 6 nitrogen and oxygen atoms in total. The van der Waals surface area contributed by atoms with Crippen molar-refractivity contribution in [3.05, 3.63) is 0 Å². The van der Waals surface area contributed by atoms with Crippen LogP contribution in [0.25, 0.3) is 0 Å². The maximum absolute atomic E-state index is 11.7. The van der Waals surface area contributed by atoms with Crippen molar-refractivity contribution in [3.8, 4) is 0 Å². The van der Waals surface area contributed by atoms with Crippen LogP contribution in [0.4, 0.5) is 0 Å². The zero-order chi connectivity index (χ0) is 14.6. The predicted octanol–water partition coefficient (Wildman–Crippen LogP) is 2.58. The summed E-state index contributed by atoms with van der Waals surface area (Å²) in [6.45, 7) is 12.4. The van der Waals surface area contributed by atoms with Crippen LogP contribution in [-0.4, -0.2) is 11.9 Å². The molecule has 0 rings (SSSR count). The van der Waals surface area contributed by atoms with Crippen LogP contribution in [0.2, 0.25) is 0 Å². The van der Waals surface area contributed by atoms with Gasteiger partial charge in [-0.25, -0.2) is 9.59 Å². The highest BCUT2D eigenvalue weighted by Crippen LogP contribution is 2.38. The van der Waals surface area contributed by atoms with E-state index >= 15 is 0 Å². The summed E-state index contributed by atoms with van der Waals surface area (Å²) >= 11 is 0. The lowest BCUT2D eigenvalue weighted by Crippen LogP contribution is -2.39. The highest BCUT2D eigenvalue weighted by Gasteiger charge is 2.42. The molecule has 0 unspecified atom stereocenters. The van der Waals surface area contributed by atoms with Gasteiger partial charge in [0.25, 0.3) is 0 Å². The van der Waals surface area contributed by atoms with E-state index in [9.17, 15) is 9.59 Å². The quantitative estimate of drug-likeness (QED) is 0.431. The molecule has 6 heteroatoms. The van der Waals surface area contributed by atoms with E-state index in [-0.39, 0.29) is 11.3 Å². The highest BCUT2D eigenvalue weighted by molar-refractivity contribution is 5.76. The average molecular weight is 262 g/mol. The molecule has 0 bridgehead atoms. The largest absolute Gasteiger partial charge is 0.351 e. The summed E-state index contributed by atoms with van der Waals surface area (Å²) in [7, 11) is 0. The second-order valence-electron chi connectivity index (χ2n) is 5.94. The van der Waals surface area contributed by atoms with E-state index in [4.69, 9.17) is 0 Å². The Hall–Kier alpha value is -1.14. The SMILES string of the molecule is CC(C)C(=O)OOOOC(=O)C(C)(C)C(C)(C)C. The van der Waals surface area contributed by atoms with Crippen LogP contribution < -0.4 is 0 Å². The highest BCUT2D eigenvalue weighted by atomic mass is 17.7. The maximum Gasteiger partial charge on any atom is 0.351 e. The van der Waals surface area contributed by atoms with E-state index in [1.54, 1.807) is 27.7 Å². The number of carbonyl (C=O) groups excluding carboxylic acids is 2. The van der Waals surface area contributed by atoms with Gasteiger partial charge in [-0.3, -0.25) is 9.78 Å². The number of hydrogen-bond acceptors (Lipinski definition) is 6. The number of rotatable bonds is 5. The minimum atomic E-state index is -0.779. The molecule has 0 amide bonds. The van der Waals surface area contributed by atoms with Gasteiger partial charge in [0.1, 0.15) is 0 Å². The average Bonchev–Trinajstić information content (AvgIpc) is 2.21.